The highest BCUT2D eigenvalue weighted by Gasteiger charge is 2.33. The molecule has 101 heavy (non-hydrogen) atoms. The van der Waals surface area contributed by atoms with E-state index in [1.165, 1.54) is 88.4 Å². The fraction of sp³-hybridized carbons (Fsp3) is 0.905. The van der Waals surface area contributed by atoms with Crippen molar-refractivity contribution in [3.05, 3.63) is 33.1 Å². The van der Waals surface area contributed by atoms with E-state index in [1.807, 2.05) is 47.3 Å². The number of aromatic nitrogens is 2. The molecule has 0 bridgehead atoms. The maximum absolute atomic E-state index is 11.8. The third-order valence-electron chi connectivity index (χ3n) is 22.8. The fourth-order valence-corrected chi connectivity index (χ4v) is 14.7. The lowest BCUT2D eigenvalue weighted by atomic mass is 9.86. The molecule has 1 aromatic rings. The van der Waals surface area contributed by atoms with Crippen molar-refractivity contribution in [1.82, 2.24) is 53.2 Å². The Labute approximate surface area is 622 Å². The van der Waals surface area contributed by atoms with E-state index in [1.54, 1.807) is 10.8 Å². The highest BCUT2D eigenvalue weighted by atomic mass is 16.2. The van der Waals surface area contributed by atoms with E-state index in [0.717, 1.165) is 112 Å². The Morgan fingerprint density at radius 1 is 0.287 bits per heavy atom. The summed E-state index contributed by atoms with van der Waals surface area (Å²) in [6.45, 7) is 84.4. The summed E-state index contributed by atoms with van der Waals surface area (Å²) in [5, 5.41) is 0. The Kier molecular flexibility index (Phi) is 45.2. The van der Waals surface area contributed by atoms with E-state index in [4.69, 9.17) is 0 Å². The molecule has 0 aliphatic carbocycles. The average Bonchev–Trinajstić information content (AvgIpc) is 1.31. The van der Waals surface area contributed by atoms with Crippen LogP contribution in [0.3, 0.4) is 0 Å². The van der Waals surface area contributed by atoms with Crippen molar-refractivity contribution in [2.45, 2.75) is 346 Å². The summed E-state index contributed by atoms with van der Waals surface area (Å²) in [5.74, 6) is 9.43. The second-order valence-corrected chi connectivity index (χ2v) is 35.6. The molecule has 8 heterocycles. The quantitative estimate of drug-likeness (QED) is 0.156. The monoisotopic (exact) mass is 1420 g/mol. The largest absolute Gasteiger partial charge is 0.340 e. The van der Waals surface area contributed by atoms with Gasteiger partial charge in [-0.3, -0.25) is 42.9 Å². The molecule has 17 nitrogen and oxygen atoms in total. The SMILES string of the molecule is CC(C)C1CCC(=O)N(C(C)C)C1.CC(C)C1CCCN(C(C)C)C1.CC(C)C1CCN(C(C)C)C(=O)C1.CC(C)C1CCN(C(C)C)C1.CC(C)C1CCN(C(C)C)CC1.CC(C)N1CCN(C(C)C)C(=O)C1.CC(C)N1CCN(C(C)C)C(=O)C1.CC(C)n1ccc(=O)n(C(C)C)c1=O. The lowest BCUT2D eigenvalue weighted by molar-refractivity contribution is -0.139. The number of piperazine rings is 2. The molecular formula is C84H165N11O6. The van der Waals surface area contributed by atoms with E-state index >= 15 is 0 Å². The van der Waals surface area contributed by atoms with E-state index in [9.17, 15) is 28.8 Å². The third-order valence-corrected chi connectivity index (χ3v) is 22.8. The zero-order valence-corrected chi connectivity index (χ0v) is 71.9. The van der Waals surface area contributed by atoms with Crippen molar-refractivity contribution in [1.29, 1.82) is 0 Å². The molecule has 7 aliphatic heterocycles. The predicted molar refractivity (Wildman–Crippen MR) is 430 cm³/mol. The molecule has 0 aromatic carbocycles. The van der Waals surface area contributed by atoms with Crippen LogP contribution >= 0.6 is 0 Å². The van der Waals surface area contributed by atoms with Crippen LogP contribution in [-0.2, 0) is 19.2 Å². The van der Waals surface area contributed by atoms with Gasteiger partial charge < -0.3 is 34.3 Å². The number of hydrogen-bond acceptors (Lipinski definition) is 11. The number of hydrogen-bond donors (Lipinski definition) is 0. The molecule has 4 atom stereocenters. The van der Waals surface area contributed by atoms with Crippen molar-refractivity contribution < 1.29 is 19.2 Å². The summed E-state index contributed by atoms with van der Waals surface area (Å²) < 4.78 is 2.82. The van der Waals surface area contributed by atoms with Gasteiger partial charge in [-0.25, -0.2) is 4.79 Å². The van der Waals surface area contributed by atoms with Crippen molar-refractivity contribution in [3.63, 3.8) is 0 Å². The van der Waals surface area contributed by atoms with Crippen LogP contribution in [0.4, 0.5) is 0 Å². The summed E-state index contributed by atoms with van der Waals surface area (Å²) in [6, 6.07) is 6.06. The van der Waals surface area contributed by atoms with Gasteiger partial charge in [0.2, 0.25) is 23.6 Å². The van der Waals surface area contributed by atoms with E-state index < -0.39 is 0 Å². The van der Waals surface area contributed by atoms with Gasteiger partial charge in [0, 0.05) is 144 Å². The normalized spacial score (nSPS) is 22.0. The zero-order valence-electron chi connectivity index (χ0n) is 71.9. The van der Waals surface area contributed by atoms with Gasteiger partial charge in [-0.1, -0.05) is 69.2 Å². The van der Waals surface area contributed by atoms with Gasteiger partial charge in [0.15, 0.2) is 0 Å². The van der Waals surface area contributed by atoms with E-state index in [2.05, 4.69) is 218 Å². The summed E-state index contributed by atoms with van der Waals surface area (Å²) in [6.07, 6.45) is 12.4. The first-order chi connectivity index (χ1) is 46.9. The number of carbonyl (C=O) groups is 4. The summed E-state index contributed by atoms with van der Waals surface area (Å²) >= 11 is 0. The first kappa shape index (κ1) is 95.4. The Morgan fingerprint density at radius 2 is 0.644 bits per heavy atom. The van der Waals surface area contributed by atoms with Gasteiger partial charge >= 0.3 is 5.69 Å². The van der Waals surface area contributed by atoms with E-state index in [-0.39, 0.29) is 35.1 Å². The van der Waals surface area contributed by atoms with Gasteiger partial charge in [-0.2, -0.15) is 0 Å². The minimum Gasteiger partial charge on any atom is -0.340 e. The second kappa shape index (κ2) is 47.8. The molecule has 592 valence electrons. The highest BCUT2D eigenvalue weighted by molar-refractivity contribution is 5.80. The Bertz CT molecular complexity index is 2410. The summed E-state index contributed by atoms with van der Waals surface area (Å²) in [5.41, 5.74) is -0.468. The number of rotatable bonds is 16. The van der Waals surface area contributed by atoms with Crippen LogP contribution in [0.25, 0.3) is 0 Å². The molecule has 7 aliphatic rings. The standard InChI is InChI=1S/2C11H21NO.2C11H23N.C10H16N2O2.2C10H20N2O.C10H21N/c1-8(2)10-5-6-12(9(3)4)11(13)7-10;1-8(2)10-5-6-11(13)12(7-10)9(3)4;1-9(2)11-5-7-12(8-6-11)10(3)4;1-9(2)11-6-5-7-12(8-11)10(3)4;1-7(2)11-6-5-9(13)12(8(3)4)10(11)14;2*1-8(2)11-5-6-12(9(3)4)10(13)7-11;1-8(2)10-5-6-11(7-10)9(3)4/h2*8-10H,5-7H2,1-4H3;2*9-11H,5-8H2,1-4H3;5-8H,1-4H3;2*8-9H,5-7H2,1-4H3;8-10H,5-7H2,1-4H3. The molecule has 7 fully saturated rings. The molecule has 0 N–H and O–H groups in total. The van der Waals surface area contributed by atoms with Gasteiger partial charge in [-0.05, 0) is 283 Å². The minimum absolute atomic E-state index is 0.0769. The molecular weight excluding hydrogens is 1260 g/mol. The Morgan fingerprint density at radius 3 is 0.980 bits per heavy atom. The summed E-state index contributed by atoms with van der Waals surface area (Å²) in [4.78, 5) is 89.9. The smallest absolute Gasteiger partial charge is 0.331 e. The number of piperidine rings is 4. The molecule has 4 unspecified atom stereocenters. The number of nitrogens with zero attached hydrogens (tertiary/aromatic N) is 11. The van der Waals surface area contributed by atoms with Gasteiger partial charge in [0.25, 0.3) is 5.56 Å². The molecule has 0 spiro atoms. The van der Waals surface area contributed by atoms with Crippen LogP contribution in [0.2, 0.25) is 0 Å². The maximum Gasteiger partial charge on any atom is 0.331 e. The lowest BCUT2D eigenvalue weighted by Crippen LogP contribution is -2.54. The van der Waals surface area contributed by atoms with Crippen LogP contribution in [-0.4, -0.2) is 223 Å². The van der Waals surface area contributed by atoms with Crippen molar-refractivity contribution in [2.24, 2.45) is 59.2 Å². The number of amides is 4. The molecule has 1 aromatic heterocycles. The van der Waals surface area contributed by atoms with Gasteiger partial charge in [-0.15, -0.1) is 0 Å². The molecule has 8 rings (SSSR count). The first-order valence-corrected chi connectivity index (χ1v) is 41.1. The second-order valence-electron chi connectivity index (χ2n) is 35.6. The fourth-order valence-electron chi connectivity index (χ4n) is 14.7. The van der Waals surface area contributed by atoms with Crippen molar-refractivity contribution >= 4 is 23.6 Å². The molecule has 4 amide bonds. The molecule has 7 saturated heterocycles. The van der Waals surface area contributed by atoms with Crippen LogP contribution in [0.1, 0.15) is 291 Å². The van der Waals surface area contributed by atoms with Crippen LogP contribution in [0, 0.1) is 59.2 Å². The van der Waals surface area contributed by atoms with Crippen LogP contribution in [0.15, 0.2) is 21.9 Å². The Hall–Kier alpha value is -3.64. The first-order valence-electron chi connectivity index (χ1n) is 41.1. The molecule has 0 saturated carbocycles. The highest BCUT2D eigenvalue weighted by Crippen LogP contribution is 2.30. The molecule has 0 radical (unpaired) electrons. The van der Waals surface area contributed by atoms with Gasteiger partial charge in [0.1, 0.15) is 0 Å². The van der Waals surface area contributed by atoms with Gasteiger partial charge in [0.05, 0.1) is 13.1 Å². The van der Waals surface area contributed by atoms with Crippen LogP contribution in [0.5, 0.6) is 0 Å². The predicted octanol–water partition coefficient (Wildman–Crippen LogP) is 15.5. The topological polar surface area (TPSA) is 141 Å². The summed E-state index contributed by atoms with van der Waals surface area (Å²) in [7, 11) is 0. The average molecular weight is 1430 g/mol. The molecule has 17 heteroatoms. The maximum atomic E-state index is 11.8. The Balaban J connectivity index is 0.000000578. The van der Waals surface area contributed by atoms with Crippen LogP contribution < -0.4 is 11.2 Å². The zero-order chi connectivity index (χ0) is 77.6. The lowest BCUT2D eigenvalue weighted by Gasteiger charge is -2.38. The van der Waals surface area contributed by atoms with E-state index in [0.29, 0.717) is 84.8 Å². The van der Waals surface area contributed by atoms with Crippen molar-refractivity contribution in [2.75, 3.05) is 91.6 Å². The third kappa shape index (κ3) is 34.2. The number of likely N-dealkylation sites (tertiary alicyclic amines) is 5. The minimum atomic E-state index is -0.234. The van der Waals surface area contributed by atoms with Crippen molar-refractivity contribution in [3.8, 4) is 0 Å². The number of carbonyl (C=O) groups excluding carboxylic acids is 4.